The molecule has 170 valence electrons. The molecule has 0 amide bonds. The summed E-state index contributed by atoms with van der Waals surface area (Å²) in [5.41, 5.74) is -1.29. The zero-order valence-electron chi connectivity index (χ0n) is 17.6. The Kier molecular flexibility index (Phi) is 6.34. The molecule has 2 aromatic carbocycles. The molecule has 0 bridgehead atoms. The molecule has 0 saturated heterocycles. The highest BCUT2D eigenvalue weighted by Crippen LogP contribution is 2.72. The quantitative estimate of drug-likeness (QED) is 0.359. The maximum Gasteiger partial charge on any atom is 0.409 e. The summed E-state index contributed by atoms with van der Waals surface area (Å²) in [5.74, 6) is -1.24. The van der Waals surface area contributed by atoms with Gasteiger partial charge in [0.15, 0.2) is 4.87 Å². The van der Waals surface area contributed by atoms with Gasteiger partial charge in [-0.05, 0) is 43.3 Å². The summed E-state index contributed by atoms with van der Waals surface area (Å²) in [4.78, 5) is 9.76. The Balaban J connectivity index is 1.73. The molecule has 1 fully saturated rings. The van der Waals surface area contributed by atoms with Crippen molar-refractivity contribution in [3.63, 3.8) is 0 Å². The molecule has 0 aromatic heterocycles. The minimum absolute atomic E-state index is 0.259. The van der Waals surface area contributed by atoms with Crippen molar-refractivity contribution < 1.29 is 32.2 Å². The fourth-order valence-electron chi connectivity index (χ4n) is 3.70. The molecule has 5 nitrogen and oxygen atoms in total. The van der Waals surface area contributed by atoms with E-state index in [0.29, 0.717) is 23.9 Å². The Hall–Kier alpha value is -2.92. The average Bonchev–Trinajstić information content (AvgIpc) is 3.21. The molecule has 1 aliphatic rings. The zero-order chi connectivity index (χ0) is 23.7. The molecular formula is C23H21ClF3NO4. The Bertz CT molecular complexity index is 1030. The van der Waals surface area contributed by atoms with Crippen LogP contribution in [0.5, 0.6) is 17.2 Å². The Morgan fingerprint density at radius 1 is 1.16 bits per heavy atom. The van der Waals surface area contributed by atoms with E-state index in [1.165, 1.54) is 26.0 Å². The molecule has 1 aliphatic carbocycles. The monoisotopic (exact) mass is 467 g/mol. The van der Waals surface area contributed by atoms with Crippen LogP contribution >= 0.6 is 11.6 Å². The van der Waals surface area contributed by atoms with Crippen molar-refractivity contribution in [1.29, 1.82) is 5.26 Å². The van der Waals surface area contributed by atoms with Crippen LogP contribution in [0, 0.1) is 22.7 Å². The number of alkyl halides is 4. The molecule has 3 rings (SSSR count). The minimum atomic E-state index is -4.80. The normalized spacial score (nSPS) is 22.4. The van der Waals surface area contributed by atoms with Crippen LogP contribution < -0.4 is 9.47 Å². The lowest BCUT2D eigenvalue weighted by molar-refractivity contribution is -0.160. The minimum Gasteiger partial charge on any atom is -0.494 e. The fourth-order valence-corrected chi connectivity index (χ4v) is 4.11. The van der Waals surface area contributed by atoms with Crippen molar-refractivity contribution in [3.05, 3.63) is 54.1 Å². The summed E-state index contributed by atoms with van der Waals surface area (Å²) >= 11 is 5.75. The average molecular weight is 468 g/mol. The Morgan fingerprint density at radius 3 is 2.31 bits per heavy atom. The van der Waals surface area contributed by atoms with E-state index < -0.39 is 34.5 Å². The largest absolute Gasteiger partial charge is 0.494 e. The van der Waals surface area contributed by atoms with Crippen LogP contribution in [0.1, 0.15) is 32.4 Å². The summed E-state index contributed by atoms with van der Waals surface area (Å²) in [6.07, 6.45) is -6.22. The van der Waals surface area contributed by atoms with Gasteiger partial charge in [0.25, 0.3) is 0 Å². The van der Waals surface area contributed by atoms with Gasteiger partial charge in [0, 0.05) is 11.0 Å². The molecule has 1 saturated carbocycles. The second-order valence-electron chi connectivity index (χ2n) is 7.89. The van der Waals surface area contributed by atoms with E-state index in [2.05, 4.69) is 0 Å². The second kappa shape index (κ2) is 8.55. The predicted octanol–water partition coefficient (Wildman–Crippen LogP) is 6.18. The number of nitrogens with zero attached hydrogens (tertiary/aromatic N) is 1. The van der Waals surface area contributed by atoms with Crippen molar-refractivity contribution in [3.8, 4) is 23.3 Å². The number of carbonyl (C=O) groups excluding carboxylic acids is 1. The molecule has 9 heteroatoms. The highest BCUT2D eigenvalue weighted by Gasteiger charge is 2.86. The van der Waals surface area contributed by atoms with Gasteiger partial charge in [0.05, 0.1) is 12.5 Å². The lowest BCUT2D eigenvalue weighted by atomic mass is 10.1. The maximum atomic E-state index is 13.4. The van der Waals surface area contributed by atoms with Gasteiger partial charge >= 0.3 is 12.1 Å². The molecule has 0 heterocycles. The van der Waals surface area contributed by atoms with Crippen molar-refractivity contribution in [2.45, 2.75) is 37.9 Å². The lowest BCUT2D eigenvalue weighted by Gasteiger charge is -2.16. The molecule has 0 radical (unpaired) electrons. The van der Waals surface area contributed by atoms with Gasteiger partial charge in [0.2, 0.25) is 6.10 Å². The van der Waals surface area contributed by atoms with Gasteiger partial charge < -0.3 is 14.2 Å². The first-order valence-corrected chi connectivity index (χ1v) is 10.2. The van der Waals surface area contributed by atoms with Crippen molar-refractivity contribution >= 4 is 17.6 Å². The summed E-state index contributed by atoms with van der Waals surface area (Å²) in [7, 11) is 0. The van der Waals surface area contributed by atoms with E-state index >= 15 is 0 Å². The summed E-state index contributed by atoms with van der Waals surface area (Å²) in [6.45, 7) is 4.88. The first-order valence-electron chi connectivity index (χ1n) is 9.82. The number of benzene rings is 2. The highest BCUT2D eigenvalue weighted by atomic mass is 35.5. The molecule has 0 spiro atoms. The van der Waals surface area contributed by atoms with E-state index in [9.17, 15) is 23.2 Å². The third-order valence-corrected chi connectivity index (χ3v) is 6.42. The van der Waals surface area contributed by atoms with E-state index in [0.717, 1.165) is 0 Å². The first-order chi connectivity index (χ1) is 15.0. The van der Waals surface area contributed by atoms with Gasteiger partial charge in [-0.2, -0.15) is 18.4 Å². The highest BCUT2D eigenvalue weighted by molar-refractivity contribution is 6.30. The van der Waals surface area contributed by atoms with E-state index in [-0.39, 0.29) is 5.56 Å². The summed E-state index contributed by atoms with van der Waals surface area (Å²) in [5, 5.41) is 9.48. The third-order valence-electron chi connectivity index (χ3n) is 5.50. The number of esters is 1. The van der Waals surface area contributed by atoms with E-state index in [1.807, 2.05) is 6.92 Å². The number of halogens is 4. The Morgan fingerprint density at radius 2 is 1.78 bits per heavy atom. The lowest BCUT2D eigenvalue weighted by Crippen LogP contribution is -2.32. The number of hydrogen-bond donors (Lipinski definition) is 0. The predicted molar refractivity (Wildman–Crippen MR) is 110 cm³/mol. The van der Waals surface area contributed by atoms with Gasteiger partial charge in [-0.15, -0.1) is 11.6 Å². The van der Waals surface area contributed by atoms with Crippen LogP contribution in [-0.4, -0.2) is 23.6 Å². The number of ether oxygens (including phenoxy) is 3. The van der Waals surface area contributed by atoms with E-state index in [4.69, 9.17) is 25.8 Å². The topological polar surface area (TPSA) is 68.6 Å². The smallest absolute Gasteiger partial charge is 0.409 e. The summed E-state index contributed by atoms with van der Waals surface area (Å²) < 4.78 is 56.4. The van der Waals surface area contributed by atoms with E-state index in [1.54, 1.807) is 42.5 Å². The third kappa shape index (κ3) is 4.22. The van der Waals surface area contributed by atoms with Gasteiger partial charge in [-0.3, -0.25) is 4.79 Å². The zero-order valence-corrected chi connectivity index (χ0v) is 18.3. The molecule has 3 atom stereocenters. The SMILES string of the molecule is CCOc1ccc(Oc2cccc(C(C#N)OC(=O)C3C(C)(C)C3(Cl)C(F)(F)F)c2)cc1. The molecule has 0 aliphatic heterocycles. The van der Waals surface area contributed by atoms with Crippen molar-refractivity contribution in [2.75, 3.05) is 6.61 Å². The second-order valence-corrected chi connectivity index (χ2v) is 8.49. The maximum absolute atomic E-state index is 13.4. The molecular weight excluding hydrogens is 447 g/mol. The van der Waals surface area contributed by atoms with Crippen LogP contribution in [0.15, 0.2) is 48.5 Å². The number of carbonyl (C=O) groups is 1. The van der Waals surface area contributed by atoms with Crippen LogP contribution in [0.4, 0.5) is 13.2 Å². The van der Waals surface area contributed by atoms with Crippen molar-refractivity contribution in [1.82, 2.24) is 0 Å². The fraction of sp³-hybridized carbons (Fsp3) is 0.391. The number of nitriles is 1. The first kappa shape index (κ1) is 23.7. The van der Waals surface area contributed by atoms with Gasteiger partial charge in [-0.1, -0.05) is 26.0 Å². The van der Waals surface area contributed by atoms with Crippen LogP contribution in [0.3, 0.4) is 0 Å². The van der Waals surface area contributed by atoms with Gasteiger partial charge in [-0.25, -0.2) is 0 Å². The number of rotatable bonds is 7. The standard InChI is InChI=1S/C23H21ClF3NO4/c1-4-30-15-8-10-16(11-9-15)31-17-7-5-6-14(12-17)18(13-28)32-20(29)19-21(2,3)22(19,24)23(25,26)27/h5-12,18-19H,4H2,1-3H3. The molecule has 32 heavy (non-hydrogen) atoms. The molecule has 2 aromatic rings. The molecule has 0 N–H and O–H groups in total. The summed E-state index contributed by atoms with van der Waals surface area (Å²) in [6, 6.07) is 14.9. The van der Waals surface area contributed by atoms with Crippen LogP contribution in [0.25, 0.3) is 0 Å². The van der Waals surface area contributed by atoms with Crippen LogP contribution in [-0.2, 0) is 9.53 Å². The number of hydrogen-bond acceptors (Lipinski definition) is 5. The Labute approximate surface area is 188 Å². The molecule has 3 unspecified atom stereocenters. The van der Waals surface area contributed by atoms with Crippen LogP contribution in [0.2, 0.25) is 0 Å². The van der Waals surface area contributed by atoms with Gasteiger partial charge in [0.1, 0.15) is 23.3 Å². The van der Waals surface area contributed by atoms with Crippen molar-refractivity contribution in [2.24, 2.45) is 11.3 Å².